The van der Waals surface area contributed by atoms with Gasteiger partial charge in [-0.2, -0.15) is 0 Å². The summed E-state index contributed by atoms with van der Waals surface area (Å²) in [4.78, 5) is 0. The van der Waals surface area contributed by atoms with Crippen LogP contribution in [-0.2, 0) is 6.42 Å². The van der Waals surface area contributed by atoms with E-state index in [9.17, 15) is 0 Å². The van der Waals surface area contributed by atoms with Crippen molar-refractivity contribution < 1.29 is 8.83 Å². The average Bonchev–Trinajstić information content (AvgIpc) is 3.04. The predicted octanol–water partition coefficient (Wildman–Crippen LogP) is 3.53. The van der Waals surface area contributed by atoms with Crippen molar-refractivity contribution >= 4 is 11.0 Å². The fraction of sp³-hybridized carbons (Fsp3) is 0.200. The predicted molar refractivity (Wildman–Crippen MR) is 70.4 cm³/mol. The van der Waals surface area contributed by atoms with Crippen molar-refractivity contribution in [2.45, 2.75) is 12.5 Å². The van der Waals surface area contributed by atoms with E-state index in [1.54, 1.807) is 6.26 Å². The molecule has 1 unspecified atom stereocenters. The zero-order chi connectivity index (χ0) is 12.4. The molecule has 0 saturated heterocycles. The molecule has 0 amide bonds. The number of fused-ring (bicyclic) bond motifs is 1. The number of benzene rings is 1. The normalized spacial score (nSPS) is 12.9. The maximum absolute atomic E-state index is 5.87. The third-order valence-corrected chi connectivity index (χ3v) is 3.12. The Morgan fingerprint density at radius 2 is 2.06 bits per heavy atom. The highest BCUT2D eigenvalue weighted by molar-refractivity contribution is 5.77. The summed E-state index contributed by atoms with van der Waals surface area (Å²) in [5.74, 6) is 1.89. The van der Waals surface area contributed by atoms with Crippen LogP contribution in [0.3, 0.4) is 0 Å². The molecule has 0 aliphatic carbocycles. The third kappa shape index (κ3) is 2.05. The van der Waals surface area contributed by atoms with Crippen LogP contribution in [0, 0.1) is 0 Å². The van der Waals surface area contributed by atoms with Crippen LogP contribution in [0.15, 0.2) is 57.6 Å². The summed E-state index contributed by atoms with van der Waals surface area (Å²) in [6.07, 6.45) is 2.48. The average molecular weight is 241 g/mol. The Morgan fingerprint density at radius 3 is 2.78 bits per heavy atom. The highest BCUT2D eigenvalue weighted by atomic mass is 16.3. The minimum absolute atomic E-state index is 0.128. The van der Waals surface area contributed by atoms with Crippen LogP contribution >= 0.6 is 0 Å². The fourth-order valence-electron chi connectivity index (χ4n) is 2.15. The van der Waals surface area contributed by atoms with E-state index < -0.39 is 0 Å². The molecule has 0 aliphatic heterocycles. The van der Waals surface area contributed by atoms with Crippen molar-refractivity contribution in [3.63, 3.8) is 0 Å². The Balaban J connectivity index is 1.90. The molecule has 0 spiro atoms. The molecule has 0 fully saturated rings. The second-order valence-electron chi connectivity index (χ2n) is 4.31. The highest BCUT2D eigenvalue weighted by Crippen LogP contribution is 2.25. The van der Waals surface area contributed by atoms with E-state index in [1.807, 2.05) is 37.4 Å². The van der Waals surface area contributed by atoms with Gasteiger partial charge in [-0.15, -0.1) is 0 Å². The highest BCUT2D eigenvalue weighted by Gasteiger charge is 2.16. The largest absolute Gasteiger partial charge is 0.469 e. The summed E-state index contributed by atoms with van der Waals surface area (Å²) < 4.78 is 11.2. The second kappa shape index (κ2) is 4.70. The Bertz CT molecular complexity index is 592. The first-order chi connectivity index (χ1) is 8.86. The molecule has 1 atom stereocenters. The van der Waals surface area contributed by atoms with Crippen LogP contribution in [0.5, 0.6) is 0 Å². The summed E-state index contributed by atoms with van der Waals surface area (Å²) >= 11 is 0. The molecule has 3 heteroatoms. The van der Waals surface area contributed by atoms with Gasteiger partial charge in [0, 0.05) is 11.8 Å². The lowest BCUT2D eigenvalue weighted by Gasteiger charge is -2.11. The van der Waals surface area contributed by atoms with E-state index >= 15 is 0 Å². The molecule has 2 heterocycles. The zero-order valence-corrected chi connectivity index (χ0v) is 10.2. The van der Waals surface area contributed by atoms with Gasteiger partial charge in [0.2, 0.25) is 0 Å². The molecule has 3 rings (SSSR count). The van der Waals surface area contributed by atoms with Gasteiger partial charge in [0.15, 0.2) is 0 Å². The van der Waals surface area contributed by atoms with Crippen LogP contribution in [0.25, 0.3) is 11.0 Å². The Labute approximate surface area is 105 Å². The van der Waals surface area contributed by atoms with Gasteiger partial charge < -0.3 is 14.2 Å². The van der Waals surface area contributed by atoms with Crippen molar-refractivity contribution in [2.75, 3.05) is 7.05 Å². The van der Waals surface area contributed by atoms with Crippen molar-refractivity contribution in [3.8, 4) is 0 Å². The first kappa shape index (κ1) is 11.1. The number of furan rings is 2. The molecule has 1 N–H and O–H groups in total. The second-order valence-corrected chi connectivity index (χ2v) is 4.31. The molecule has 2 aromatic heterocycles. The molecule has 0 bridgehead atoms. The first-order valence-corrected chi connectivity index (χ1v) is 6.05. The number of likely N-dealkylation sites (N-methyl/N-ethyl adjacent to an activating group) is 1. The van der Waals surface area contributed by atoms with Crippen molar-refractivity contribution in [1.29, 1.82) is 0 Å². The third-order valence-electron chi connectivity index (χ3n) is 3.12. The van der Waals surface area contributed by atoms with Crippen molar-refractivity contribution in [1.82, 2.24) is 5.32 Å². The topological polar surface area (TPSA) is 38.3 Å². The number of rotatable bonds is 4. The van der Waals surface area contributed by atoms with E-state index in [2.05, 4.69) is 17.4 Å². The number of nitrogens with one attached hydrogen (secondary N) is 1. The van der Waals surface area contributed by atoms with Crippen LogP contribution in [-0.4, -0.2) is 7.05 Å². The van der Waals surface area contributed by atoms with Gasteiger partial charge in [0.05, 0.1) is 12.3 Å². The van der Waals surface area contributed by atoms with Gasteiger partial charge in [-0.05, 0) is 31.3 Å². The molecule has 18 heavy (non-hydrogen) atoms. The van der Waals surface area contributed by atoms with Crippen LogP contribution in [0.4, 0.5) is 0 Å². The van der Waals surface area contributed by atoms with Gasteiger partial charge in [0.25, 0.3) is 0 Å². The molecule has 0 radical (unpaired) electrons. The lowest BCUT2D eigenvalue weighted by Crippen LogP contribution is -2.17. The van der Waals surface area contributed by atoms with E-state index in [4.69, 9.17) is 8.83 Å². The monoisotopic (exact) mass is 241 g/mol. The minimum atomic E-state index is 0.128. The molecule has 3 aromatic rings. The smallest absolute Gasteiger partial charge is 0.134 e. The van der Waals surface area contributed by atoms with Crippen molar-refractivity contribution in [2.24, 2.45) is 0 Å². The molecule has 0 saturated carbocycles. The van der Waals surface area contributed by atoms with E-state index in [1.165, 1.54) is 0 Å². The molecule has 3 nitrogen and oxygen atoms in total. The maximum atomic E-state index is 5.87. The summed E-state index contributed by atoms with van der Waals surface area (Å²) in [6.45, 7) is 0. The summed E-state index contributed by atoms with van der Waals surface area (Å²) in [5.41, 5.74) is 0.923. The van der Waals surface area contributed by atoms with Crippen LogP contribution < -0.4 is 5.32 Å². The van der Waals surface area contributed by atoms with Crippen molar-refractivity contribution in [3.05, 3.63) is 60.2 Å². The zero-order valence-electron chi connectivity index (χ0n) is 10.2. The van der Waals surface area contributed by atoms with Crippen LogP contribution in [0.2, 0.25) is 0 Å². The summed E-state index contributed by atoms with van der Waals surface area (Å²) in [5, 5.41) is 4.40. The van der Waals surface area contributed by atoms with Gasteiger partial charge in [-0.25, -0.2) is 0 Å². The molecular weight excluding hydrogens is 226 g/mol. The van der Waals surface area contributed by atoms with Gasteiger partial charge in [-0.3, -0.25) is 0 Å². The standard InChI is InChI=1S/C15H15NO2/c1-16-13(10-12-6-4-8-17-12)15-9-11-5-2-3-7-14(11)18-15/h2-9,13,16H,10H2,1H3. The van der Waals surface area contributed by atoms with Crippen LogP contribution in [0.1, 0.15) is 17.6 Å². The van der Waals surface area contributed by atoms with Gasteiger partial charge >= 0.3 is 0 Å². The Hall–Kier alpha value is -2.00. The molecule has 92 valence electrons. The van der Waals surface area contributed by atoms with E-state index in [0.717, 1.165) is 28.9 Å². The fourth-order valence-corrected chi connectivity index (χ4v) is 2.15. The Kier molecular flexibility index (Phi) is 2.90. The lowest BCUT2D eigenvalue weighted by atomic mass is 10.1. The number of hydrogen-bond acceptors (Lipinski definition) is 3. The van der Waals surface area contributed by atoms with E-state index in [0.29, 0.717) is 0 Å². The Morgan fingerprint density at radius 1 is 1.17 bits per heavy atom. The van der Waals surface area contributed by atoms with Gasteiger partial charge in [0.1, 0.15) is 17.1 Å². The summed E-state index contributed by atoms with van der Waals surface area (Å²) in [7, 11) is 1.93. The molecule has 1 aromatic carbocycles. The number of hydrogen-bond donors (Lipinski definition) is 1. The first-order valence-electron chi connectivity index (χ1n) is 6.05. The molecule has 0 aliphatic rings. The summed E-state index contributed by atoms with van der Waals surface area (Å²) in [6, 6.07) is 14.1. The number of para-hydroxylation sites is 1. The SMILES string of the molecule is CNC(Cc1ccco1)c1cc2ccccc2o1. The quantitative estimate of drug-likeness (QED) is 0.759. The van der Waals surface area contributed by atoms with E-state index in [-0.39, 0.29) is 6.04 Å². The lowest BCUT2D eigenvalue weighted by molar-refractivity contribution is 0.413. The molecular formula is C15H15NO2. The minimum Gasteiger partial charge on any atom is -0.469 e. The maximum Gasteiger partial charge on any atom is 0.134 e. The van der Waals surface area contributed by atoms with Gasteiger partial charge in [-0.1, -0.05) is 18.2 Å².